The van der Waals surface area contributed by atoms with Crippen LogP contribution >= 0.6 is 31.9 Å². The van der Waals surface area contributed by atoms with E-state index in [0.717, 1.165) is 27.4 Å². The molecule has 1 aromatic carbocycles. The number of hydrogen-bond donors (Lipinski definition) is 1. The van der Waals surface area contributed by atoms with Crippen molar-refractivity contribution in [2.24, 2.45) is 11.8 Å². The molecule has 0 bridgehead atoms. The number of carbonyl (C=O) groups is 2. The summed E-state index contributed by atoms with van der Waals surface area (Å²) in [6, 6.07) is 6.03. The molecule has 1 aliphatic carbocycles. The summed E-state index contributed by atoms with van der Waals surface area (Å²) in [6.07, 6.45) is 4.99. The Balaban J connectivity index is 1.95. The Morgan fingerprint density at radius 3 is 2.43 bits per heavy atom. The largest absolute Gasteiger partial charge is 0.296 e. The monoisotopic (exact) mass is 413 g/mol. The lowest BCUT2D eigenvalue weighted by atomic mass is 9.73. The average molecular weight is 415 g/mol. The topological polar surface area (TPSA) is 46.2 Å². The Hall–Kier alpha value is -0.680. The molecule has 112 valence electrons. The van der Waals surface area contributed by atoms with Gasteiger partial charge < -0.3 is 0 Å². The first-order chi connectivity index (χ1) is 10.1. The molecule has 21 heavy (non-hydrogen) atoms. The molecule has 1 aromatic rings. The third-order valence-corrected chi connectivity index (χ3v) is 6.56. The number of carbonyl (C=O) groups excluding carboxylic acids is 2. The Bertz CT molecular complexity index is 582. The highest BCUT2D eigenvalue weighted by molar-refractivity contribution is 9.13. The summed E-state index contributed by atoms with van der Waals surface area (Å²) < 4.78 is 1.94. The minimum absolute atomic E-state index is 0.00116. The van der Waals surface area contributed by atoms with Gasteiger partial charge in [0.15, 0.2) is 0 Å². The smallest absolute Gasteiger partial charge is 0.230 e. The zero-order valence-corrected chi connectivity index (χ0v) is 14.7. The lowest BCUT2D eigenvalue weighted by Crippen LogP contribution is -2.47. The van der Waals surface area contributed by atoms with Crippen molar-refractivity contribution >= 4 is 43.7 Å². The highest BCUT2D eigenvalue weighted by Gasteiger charge is 2.42. The molecule has 1 saturated carbocycles. The molecule has 2 atom stereocenters. The normalized spacial score (nSPS) is 27.0. The number of piperidine rings is 1. The van der Waals surface area contributed by atoms with Gasteiger partial charge in [-0.05, 0) is 68.3 Å². The number of benzene rings is 1. The minimum Gasteiger partial charge on any atom is -0.296 e. The maximum Gasteiger partial charge on any atom is 0.230 e. The minimum atomic E-state index is -0.154. The van der Waals surface area contributed by atoms with Crippen molar-refractivity contribution in [2.45, 2.75) is 38.0 Å². The van der Waals surface area contributed by atoms with Crippen LogP contribution in [0.4, 0.5) is 0 Å². The van der Waals surface area contributed by atoms with Crippen molar-refractivity contribution in [1.29, 1.82) is 0 Å². The number of hydrogen-bond acceptors (Lipinski definition) is 2. The molecule has 1 aliphatic heterocycles. The molecule has 2 aliphatic rings. The Kier molecular flexibility index (Phi) is 4.50. The molecule has 2 unspecified atom stereocenters. The van der Waals surface area contributed by atoms with Gasteiger partial charge >= 0.3 is 0 Å². The van der Waals surface area contributed by atoms with Crippen LogP contribution in [-0.2, 0) is 9.59 Å². The molecular weight excluding hydrogens is 398 g/mol. The summed E-state index contributed by atoms with van der Waals surface area (Å²) in [5, 5.41) is 2.53. The zero-order chi connectivity index (χ0) is 15.0. The van der Waals surface area contributed by atoms with Gasteiger partial charge in [0.2, 0.25) is 11.8 Å². The number of halogens is 2. The lowest BCUT2D eigenvalue weighted by Gasteiger charge is -2.34. The maximum atomic E-state index is 12.4. The van der Waals surface area contributed by atoms with Crippen LogP contribution in [-0.4, -0.2) is 11.8 Å². The molecule has 3 nitrogen and oxygen atoms in total. The molecule has 1 N–H and O–H groups in total. The van der Waals surface area contributed by atoms with E-state index in [1.807, 2.05) is 18.2 Å². The third kappa shape index (κ3) is 3.09. The quantitative estimate of drug-likeness (QED) is 0.739. The molecule has 0 aromatic heterocycles. The standard InChI is InChI=1S/C16H17Br2NO2/c17-12-6-5-10(7-13(12)18)11-8-14(20)19-16(21)15(11)9-3-1-2-4-9/h5-7,9,11,15H,1-4,8H2,(H,19,20,21). The van der Waals surface area contributed by atoms with Crippen molar-refractivity contribution < 1.29 is 9.59 Å². The summed E-state index contributed by atoms with van der Waals surface area (Å²) in [5.74, 6) is 0.100. The average Bonchev–Trinajstić information content (AvgIpc) is 2.94. The highest BCUT2D eigenvalue weighted by Crippen LogP contribution is 2.43. The van der Waals surface area contributed by atoms with E-state index >= 15 is 0 Å². The molecule has 0 spiro atoms. The molecule has 0 radical (unpaired) electrons. The van der Waals surface area contributed by atoms with Gasteiger partial charge in [0.05, 0.1) is 0 Å². The second-order valence-electron chi connectivity index (χ2n) is 5.97. The van der Waals surface area contributed by atoms with Crippen LogP contribution in [0, 0.1) is 11.8 Å². The molecule has 2 amide bonds. The van der Waals surface area contributed by atoms with E-state index in [4.69, 9.17) is 0 Å². The van der Waals surface area contributed by atoms with Gasteiger partial charge in [-0.25, -0.2) is 0 Å². The SMILES string of the molecule is O=C1CC(c2ccc(Br)c(Br)c2)C(C2CCCC2)C(=O)N1. The summed E-state index contributed by atoms with van der Waals surface area (Å²) in [7, 11) is 0. The van der Waals surface area contributed by atoms with E-state index in [1.54, 1.807) is 0 Å². The van der Waals surface area contributed by atoms with Crippen molar-refractivity contribution in [1.82, 2.24) is 5.32 Å². The van der Waals surface area contributed by atoms with Crippen molar-refractivity contribution in [3.8, 4) is 0 Å². The van der Waals surface area contributed by atoms with Crippen LogP contribution in [0.1, 0.15) is 43.6 Å². The summed E-state index contributed by atoms with van der Waals surface area (Å²) >= 11 is 6.98. The van der Waals surface area contributed by atoms with Crippen LogP contribution in [0.3, 0.4) is 0 Å². The summed E-state index contributed by atoms with van der Waals surface area (Å²) in [5.41, 5.74) is 1.07. The van der Waals surface area contributed by atoms with Crippen molar-refractivity contribution in [3.63, 3.8) is 0 Å². The molecular formula is C16H17Br2NO2. The van der Waals surface area contributed by atoms with Crippen LogP contribution in [0.25, 0.3) is 0 Å². The molecule has 1 saturated heterocycles. The molecule has 2 fully saturated rings. The van der Waals surface area contributed by atoms with E-state index in [2.05, 4.69) is 37.2 Å². The molecule has 5 heteroatoms. The van der Waals surface area contributed by atoms with E-state index in [0.29, 0.717) is 12.3 Å². The maximum absolute atomic E-state index is 12.4. The fourth-order valence-corrected chi connectivity index (χ4v) is 4.35. The lowest BCUT2D eigenvalue weighted by molar-refractivity contribution is -0.138. The highest BCUT2D eigenvalue weighted by atomic mass is 79.9. The van der Waals surface area contributed by atoms with Gasteiger partial charge in [0, 0.05) is 27.2 Å². The third-order valence-electron chi connectivity index (χ3n) is 4.68. The fourth-order valence-electron chi connectivity index (χ4n) is 3.71. The summed E-state index contributed by atoms with van der Waals surface area (Å²) in [4.78, 5) is 24.2. The van der Waals surface area contributed by atoms with Crippen LogP contribution in [0.2, 0.25) is 0 Å². The second-order valence-corrected chi connectivity index (χ2v) is 7.68. The first-order valence-corrected chi connectivity index (χ1v) is 8.93. The van der Waals surface area contributed by atoms with Crippen LogP contribution < -0.4 is 5.32 Å². The van der Waals surface area contributed by atoms with Gasteiger partial charge in [0.25, 0.3) is 0 Å². The first kappa shape index (κ1) is 15.2. The Morgan fingerprint density at radius 2 is 1.76 bits per heavy atom. The van der Waals surface area contributed by atoms with Gasteiger partial charge in [-0.2, -0.15) is 0 Å². The molecule has 3 rings (SSSR count). The number of nitrogens with one attached hydrogen (secondary N) is 1. The predicted molar refractivity (Wildman–Crippen MR) is 87.8 cm³/mol. The van der Waals surface area contributed by atoms with E-state index in [1.165, 1.54) is 12.8 Å². The van der Waals surface area contributed by atoms with Crippen molar-refractivity contribution in [2.75, 3.05) is 0 Å². The van der Waals surface area contributed by atoms with E-state index in [9.17, 15) is 9.59 Å². The van der Waals surface area contributed by atoms with Gasteiger partial charge in [-0.3, -0.25) is 14.9 Å². The van der Waals surface area contributed by atoms with Crippen LogP contribution in [0.15, 0.2) is 27.1 Å². The summed E-state index contributed by atoms with van der Waals surface area (Å²) in [6.45, 7) is 0. The number of amides is 2. The Labute approximate surface area is 141 Å². The number of imide groups is 1. The van der Waals surface area contributed by atoms with E-state index in [-0.39, 0.29) is 23.7 Å². The fraction of sp³-hybridized carbons (Fsp3) is 0.500. The first-order valence-electron chi connectivity index (χ1n) is 7.35. The second kappa shape index (κ2) is 6.21. The zero-order valence-electron chi connectivity index (χ0n) is 11.6. The Morgan fingerprint density at radius 1 is 1.05 bits per heavy atom. The van der Waals surface area contributed by atoms with Crippen molar-refractivity contribution in [3.05, 3.63) is 32.7 Å². The molecule has 1 heterocycles. The number of rotatable bonds is 2. The van der Waals surface area contributed by atoms with Gasteiger partial charge in [-0.15, -0.1) is 0 Å². The van der Waals surface area contributed by atoms with Gasteiger partial charge in [-0.1, -0.05) is 18.9 Å². The predicted octanol–water partition coefficient (Wildman–Crippen LogP) is 4.15. The van der Waals surface area contributed by atoms with Crippen LogP contribution in [0.5, 0.6) is 0 Å². The van der Waals surface area contributed by atoms with Gasteiger partial charge in [0.1, 0.15) is 0 Å². The van der Waals surface area contributed by atoms with E-state index < -0.39 is 0 Å².